The second kappa shape index (κ2) is 4.73. The van der Waals surface area contributed by atoms with Crippen LogP contribution >= 0.6 is 0 Å². The van der Waals surface area contributed by atoms with Crippen molar-refractivity contribution in [2.24, 2.45) is 11.7 Å². The van der Waals surface area contributed by atoms with E-state index < -0.39 is 11.6 Å². The normalized spacial score (nSPS) is 32.4. The Morgan fingerprint density at radius 3 is 2.45 bits per heavy atom. The Morgan fingerprint density at radius 1 is 1.25 bits per heavy atom. The lowest BCUT2D eigenvalue weighted by molar-refractivity contribution is -0.139. The van der Waals surface area contributed by atoms with E-state index in [2.05, 4.69) is 10.6 Å². The number of hydrogen-bond acceptors (Lipinski definition) is 4. The van der Waals surface area contributed by atoms with Crippen LogP contribution in [-0.2, 0) is 9.59 Å². The van der Waals surface area contributed by atoms with Gasteiger partial charge in [-0.2, -0.15) is 0 Å². The molecule has 1 saturated carbocycles. The summed E-state index contributed by atoms with van der Waals surface area (Å²) < 4.78 is 0. The summed E-state index contributed by atoms with van der Waals surface area (Å²) in [6.07, 6.45) is 3.49. The van der Waals surface area contributed by atoms with Crippen LogP contribution in [-0.4, -0.2) is 47.4 Å². The number of piperidine rings is 1. The number of hydrogen-bond donors (Lipinski definition) is 3. The molecule has 3 rings (SSSR count). The molecule has 7 nitrogen and oxygen atoms in total. The maximum absolute atomic E-state index is 12.4. The van der Waals surface area contributed by atoms with E-state index in [1.807, 2.05) is 4.90 Å². The predicted molar refractivity (Wildman–Crippen MR) is 70.5 cm³/mol. The van der Waals surface area contributed by atoms with Gasteiger partial charge in [0.25, 0.3) is 5.91 Å². The number of likely N-dealkylation sites (tertiary alicyclic amines) is 1. The summed E-state index contributed by atoms with van der Waals surface area (Å²) >= 11 is 0. The van der Waals surface area contributed by atoms with Crippen LogP contribution in [0.3, 0.4) is 0 Å². The van der Waals surface area contributed by atoms with Gasteiger partial charge in [0, 0.05) is 25.0 Å². The number of rotatable bonds is 1. The molecule has 2 atom stereocenters. The van der Waals surface area contributed by atoms with Gasteiger partial charge in [-0.25, -0.2) is 4.79 Å². The molecule has 3 fully saturated rings. The molecule has 4 N–H and O–H groups in total. The van der Waals surface area contributed by atoms with E-state index in [1.54, 1.807) is 0 Å². The van der Waals surface area contributed by atoms with Crippen molar-refractivity contribution in [2.75, 3.05) is 13.1 Å². The van der Waals surface area contributed by atoms with Gasteiger partial charge in [-0.15, -0.1) is 0 Å². The average Bonchev–Trinajstić information content (AvgIpc) is 2.95. The van der Waals surface area contributed by atoms with E-state index in [-0.39, 0.29) is 23.8 Å². The summed E-state index contributed by atoms with van der Waals surface area (Å²) in [5.74, 6) is -0.0823. The number of carbonyl (C=O) groups is 3. The minimum Gasteiger partial charge on any atom is -0.342 e. The number of nitrogens with zero attached hydrogens (tertiary/aromatic N) is 1. The Labute approximate surface area is 117 Å². The number of carbonyl (C=O) groups excluding carboxylic acids is 3. The van der Waals surface area contributed by atoms with Crippen molar-refractivity contribution in [1.29, 1.82) is 0 Å². The summed E-state index contributed by atoms with van der Waals surface area (Å²) in [7, 11) is 0. The topological polar surface area (TPSA) is 105 Å². The fraction of sp³-hybridized carbons (Fsp3) is 0.769. The van der Waals surface area contributed by atoms with Crippen LogP contribution in [0, 0.1) is 5.92 Å². The van der Waals surface area contributed by atoms with Gasteiger partial charge in [0.15, 0.2) is 0 Å². The van der Waals surface area contributed by atoms with Crippen molar-refractivity contribution in [3.8, 4) is 0 Å². The summed E-state index contributed by atoms with van der Waals surface area (Å²) in [6, 6.07) is -0.295. The first-order valence-electron chi connectivity index (χ1n) is 7.18. The van der Waals surface area contributed by atoms with Crippen LogP contribution in [0.1, 0.15) is 32.1 Å². The van der Waals surface area contributed by atoms with Gasteiger partial charge in [-0.05, 0) is 32.1 Å². The fourth-order valence-corrected chi connectivity index (χ4v) is 3.49. The van der Waals surface area contributed by atoms with Crippen molar-refractivity contribution >= 4 is 17.8 Å². The lowest BCUT2D eigenvalue weighted by Gasteiger charge is -2.38. The molecule has 2 saturated heterocycles. The highest BCUT2D eigenvalue weighted by Crippen LogP contribution is 2.30. The highest BCUT2D eigenvalue weighted by molar-refractivity contribution is 6.07. The van der Waals surface area contributed by atoms with Crippen molar-refractivity contribution in [1.82, 2.24) is 15.5 Å². The smallest absolute Gasteiger partial charge is 0.322 e. The molecule has 0 aromatic rings. The van der Waals surface area contributed by atoms with E-state index in [1.165, 1.54) is 0 Å². The van der Waals surface area contributed by atoms with E-state index >= 15 is 0 Å². The van der Waals surface area contributed by atoms with Crippen LogP contribution in [0.5, 0.6) is 0 Å². The summed E-state index contributed by atoms with van der Waals surface area (Å²) in [6.45, 7) is 1.02. The molecule has 20 heavy (non-hydrogen) atoms. The second-order valence-corrected chi connectivity index (χ2v) is 6.09. The van der Waals surface area contributed by atoms with Crippen molar-refractivity contribution in [2.45, 2.75) is 43.7 Å². The molecule has 1 spiro atoms. The van der Waals surface area contributed by atoms with Gasteiger partial charge >= 0.3 is 6.03 Å². The average molecular weight is 280 g/mol. The molecule has 110 valence electrons. The van der Waals surface area contributed by atoms with Gasteiger partial charge in [0.05, 0.1) is 0 Å². The zero-order valence-corrected chi connectivity index (χ0v) is 11.4. The first-order chi connectivity index (χ1) is 9.50. The Kier molecular flexibility index (Phi) is 3.16. The molecule has 0 aromatic heterocycles. The van der Waals surface area contributed by atoms with E-state index in [4.69, 9.17) is 5.73 Å². The monoisotopic (exact) mass is 280 g/mol. The van der Waals surface area contributed by atoms with Gasteiger partial charge in [0.2, 0.25) is 5.91 Å². The van der Waals surface area contributed by atoms with E-state index in [0.717, 1.165) is 19.3 Å². The van der Waals surface area contributed by atoms with Crippen LogP contribution < -0.4 is 16.4 Å². The predicted octanol–water partition coefficient (Wildman–Crippen LogP) is -0.686. The Bertz CT molecular complexity index is 457. The molecule has 2 unspecified atom stereocenters. The summed E-state index contributed by atoms with van der Waals surface area (Å²) in [5.41, 5.74) is 5.04. The number of amides is 4. The molecular weight excluding hydrogens is 260 g/mol. The van der Waals surface area contributed by atoms with Crippen molar-refractivity contribution in [3.63, 3.8) is 0 Å². The number of nitrogens with one attached hydrogen (secondary N) is 2. The van der Waals surface area contributed by atoms with Crippen LogP contribution in [0.4, 0.5) is 4.79 Å². The molecular formula is C13H20N4O3. The van der Waals surface area contributed by atoms with E-state index in [9.17, 15) is 14.4 Å². The standard InChI is InChI=1S/C13H20N4O3/c14-9-2-1-8(7-9)10(18)17-5-3-13(4-6-17)11(19)15-12(20)16-13/h8-9H,1-7,14H2,(H2,15,16,19,20). The fourth-order valence-electron chi connectivity index (χ4n) is 3.49. The van der Waals surface area contributed by atoms with Gasteiger partial charge < -0.3 is 16.0 Å². The molecule has 0 bridgehead atoms. The van der Waals surface area contributed by atoms with Gasteiger partial charge in [-0.3, -0.25) is 14.9 Å². The third kappa shape index (κ3) is 2.15. The molecule has 1 aliphatic carbocycles. The maximum Gasteiger partial charge on any atom is 0.322 e. The summed E-state index contributed by atoms with van der Waals surface area (Å²) in [4.78, 5) is 37.3. The second-order valence-electron chi connectivity index (χ2n) is 6.09. The molecule has 7 heteroatoms. The number of imide groups is 1. The molecule has 2 heterocycles. The van der Waals surface area contributed by atoms with Crippen molar-refractivity contribution in [3.05, 3.63) is 0 Å². The zero-order valence-electron chi connectivity index (χ0n) is 11.4. The Morgan fingerprint density at radius 2 is 1.95 bits per heavy atom. The zero-order chi connectivity index (χ0) is 14.3. The number of urea groups is 1. The lowest BCUT2D eigenvalue weighted by Crippen LogP contribution is -2.56. The highest BCUT2D eigenvalue weighted by Gasteiger charge is 2.48. The Balaban J connectivity index is 1.60. The maximum atomic E-state index is 12.4. The van der Waals surface area contributed by atoms with E-state index in [0.29, 0.717) is 25.9 Å². The van der Waals surface area contributed by atoms with Crippen molar-refractivity contribution < 1.29 is 14.4 Å². The molecule has 4 amide bonds. The third-order valence-electron chi connectivity index (χ3n) is 4.77. The lowest BCUT2D eigenvalue weighted by atomic mass is 9.87. The number of nitrogens with two attached hydrogens (primary N) is 1. The molecule has 0 aromatic carbocycles. The van der Waals surface area contributed by atoms with Crippen LogP contribution in [0.15, 0.2) is 0 Å². The molecule has 0 radical (unpaired) electrons. The first kappa shape index (κ1) is 13.4. The minimum absolute atomic E-state index is 0.0334. The van der Waals surface area contributed by atoms with Crippen LogP contribution in [0.2, 0.25) is 0 Å². The highest BCUT2D eigenvalue weighted by atomic mass is 16.2. The largest absolute Gasteiger partial charge is 0.342 e. The first-order valence-corrected chi connectivity index (χ1v) is 7.18. The van der Waals surface area contributed by atoms with Gasteiger partial charge in [0.1, 0.15) is 5.54 Å². The molecule has 2 aliphatic heterocycles. The minimum atomic E-state index is -0.806. The molecule has 3 aliphatic rings. The Hall–Kier alpha value is -1.63. The summed E-state index contributed by atoms with van der Waals surface area (Å²) in [5, 5.41) is 4.97. The van der Waals surface area contributed by atoms with Gasteiger partial charge in [-0.1, -0.05) is 0 Å². The SMILES string of the molecule is NC1CCC(C(=O)N2CCC3(CC2)NC(=O)NC3=O)C1. The quantitative estimate of drug-likeness (QED) is 0.553. The third-order valence-corrected chi connectivity index (χ3v) is 4.77. The van der Waals surface area contributed by atoms with Crippen LogP contribution in [0.25, 0.3) is 0 Å².